The molecule has 0 rings (SSSR count). The number of azide groups is 1. The fraction of sp³-hybridized carbons (Fsp3) is 0. The van der Waals surface area contributed by atoms with Crippen molar-refractivity contribution >= 4 is 22.8 Å². The summed E-state index contributed by atoms with van der Waals surface area (Å²) >= 11 is 0.876. The first-order valence-electron chi connectivity index (χ1n) is 0.624. The van der Waals surface area contributed by atoms with Crippen LogP contribution in [-0.4, -0.2) is 22.8 Å². The van der Waals surface area contributed by atoms with Gasteiger partial charge in [0.15, 0.2) is 0 Å². The van der Waals surface area contributed by atoms with E-state index in [4.69, 9.17) is 5.53 Å². The summed E-state index contributed by atoms with van der Waals surface area (Å²) in [6, 6.07) is 0. The zero-order chi connectivity index (χ0) is 3.41. The van der Waals surface area contributed by atoms with Crippen LogP contribution in [0.3, 0.4) is 0 Å². The van der Waals surface area contributed by atoms with Crippen molar-refractivity contribution in [2.45, 2.75) is 0 Å². The molecule has 0 aromatic carbocycles. The molecule has 0 aromatic heterocycles. The molecular formula is N3Sn. The molecule has 0 saturated carbocycles. The maximum absolute atomic E-state index is 7.36. The maximum atomic E-state index is 7.36. The number of hydrogen-bond donors (Lipinski definition) is 0. The Morgan fingerprint density at radius 3 is 2.25 bits per heavy atom. The van der Waals surface area contributed by atoms with Gasteiger partial charge in [-0.1, -0.05) is 0 Å². The summed E-state index contributed by atoms with van der Waals surface area (Å²) in [5, 5.41) is 0. The zero-order valence-electron chi connectivity index (χ0n) is 1.84. The van der Waals surface area contributed by atoms with E-state index in [0.29, 0.717) is 0 Å². The average Bonchev–Trinajstić information content (AvgIpc) is 1.37. The molecule has 0 amide bonds. The molecule has 0 aliphatic rings. The molecule has 3 radical (unpaired) electrons. The third-order valence-corrected chi connectivity index (χ3v) is 0.300. The quantitative estimate of drug-likeness (QED) is 0.213. The van der Waals surface area contributed by atoms with E-state index in [1.165, 1.54) is 0 Å². The van der Waals surface area contributed by atoms with Crippen molar-refractivity contribution < 1.29 is 0 Å². The van der Waals surface area contributed by atoms with Crippen molar-refractivity contribution in [1.82, 2.24) is 0 Å². The summed E-state index contributed by atoms with van der Waals surface area (Å²) in [6.07, 6.45) is 0. The summed E-state index contributed by atoms with van der Waals surface area (Å²) in [6.45, 7) is 0. The SMILES string of the molecule is [N-]=[N+]=[N][Sn]. The topological polar surface area (TPSA) is 48.8 Å². The average molecular weight is 161 g/mol. The van der Waals surface area contributed by atoms with E-state index >= 15 is 0 Å². The monoisotopic (exact) mass is 162 g/mol. The Bertz CT molecular complexity index is 41.2. The van der Waals surface area contributed by atoms with Gasteiger partial charge in [-0.2, -0.15) is 0 Å². The van der Waals surface area contributed by atoms with Crippen LogP contribution in [0.2, 0.25) is 0 Å². The van der Waals surface area contributed by atoms with Crippen LogP contribution in [0, 0.1) is 0 Å². The summed E-state index contributed by atoms with van der Waals surface area (Å²) in [5.41, 5.74) is 7.36. The number of hydrogen-bond acceptors (Lipinski definition) is 1. The molecule has 19 valence electrons. The van der Waals surface area contributed by atoms with E-state index < -0.39 is 0 Å². The minimum absolute atomic E-state index is 0.876. The first-order valence-corrected chi connectivity index (χ1v) is 1.90. The number of nitrogens with zero attached hydrogens (tertiary/aromatic N) is 3. The molecule has 0 N–H and O–H groups in total. The fourth-order valence-corrected chi connectivity index (χ4v) is 0. The molecule has 0 bridgehead atoms. The van der Waals surface area contributed by atoms with Gasteiger partial charge in [0.1, 0.15) is 0 Å². The normalized spacial score (nSPS) is 4.25. The predicted molar refractivity (Wildman–Crippen MR) is 14.9 cm³/mol. The van der Waals surface area contributed by atoms with Crippen LogP contribution in [0.15, 0.2) is 3.34 Å². The van der Waals surface area contributed by atoms with Gasteiger partial charge in [-0.05, 0) is 0 Å². The summed E-state index contributed by atoms with van der Waals surface area (Å²) in [5.74, 6) is 0. The van der Waals surface area contributed by atoms with Crippen molar-refractivity contribution in [3.63, 3.8) is 0 Å². The Balaban J connectivity index is 3.11. The Morgan fingerprint density at radius 2 is 2.25 bits per heavy atom. The molecule has 0 aliphatic heterocycles. The van der Waals surface area contributed by atoms with Crippen LogP contribution in [-0.2, 0) is 0 Å². The Kier molecular flexibility index (Phi) is 3.19. The molecule has 0 atom stereocenters. The Morgan fingerprint density at radius 1 is 2.00 bits per heavy atom. The molecule has 0 spiro atoms. The fourth-order valence-electron chi connectivity index (χ4n) is 0. The molecule has 0 aliphatic carbocycles. The van der Waals surface area contributed by atoms with Crippen molar-refractivity contribution in [2.24, 2.45) is 3.34 Å². The van der Waals surface area contributed by atoms with Crippen LogP contribution in [0.25, 0.3) is 10.4 Å². The van der Waals surface area contributed by atoms with Crippen molar-refractivity contribution in [3.8, 4) is 0 Å². The van der Waals surface area contributed by atoms with Crippen LogP contribution in [0.1, 0.15) is 0 Å². The summed E-state index contributed by atoms with van der Waals surface area (Å²) < 4.78 is 3.01. The molecule has 0 heterocycles. The molecule has 4 heteroatoms. The van der Waals surface area contributed by atoms with E-state index in [1.54, 1.807) is 0 Å². The van der Waals surface area contributed by atoms with Crippen LogP contribution < -0.4 is 0 Å². The van der Waals surface area contributed by atoms with Crippen LogP contribution >= 0.6 is 0 Å². The Hall–Kier alpha value is 0.109. The first-order chi connectivity index (χ1) is 1.91. The van der Waals surface area contributed by atoms with Crippen molar-refractivity contribution in [2.75, 3.05) is 0 Å². The van der Waals surface area contributed by atoms with Gasteiger partial charge in [0.05, 0.1) is 0 Å². The van der Waals surface area contributed by atoms with Gasteiger partial charge in [0.25, 0.3) is 0 Å². The Labute approximate surface area is 37.1 Å². The zero-order valence-corrected chi connectivity index (χ0v) is 4.70. The van der Waals surface area contributed by atoms with E-state index in [2.05, 4.69) is 8.25 Å². The van der Waals surface area contributed by atoms with Gasteiger partial charge in [-0.15, -0.1) is 0 Å². The van der Waals surface area contributed by atoms with Crippen LogP contribution in [0.4, 0.5) is 0 Å². The second-order valence-corrected chi connectivity index (χ2v) is 0.760. The van der Waals surface area contributed by atoms with Gasteiger partial charge >= 0.3 is 36.6 Å². The van der Waals surface area contributed by atoms with Gasteiger partial charge in [-0.25, -0.2) is 0 Å². The second kappa shape index (κ2) is 3.11. The van der Waals surface area contributed by atoms with E-state index in [1.807, 2.05) is 0 Å². The third kappa shape index (κ3) is 2.11. The predicted octanol–water partition coefficient (Wildman–Crippen LogP) is 0.380. The summed E-state index contributed by atoms with van der Waals surface area (Å²) in [4.78, 5) is 2.40. The van der Waals surface area contributed by atoms with Gasteiger partial charge < -0.3 is 0 Å². The molecule has 0 aromatic rings. The first kappa shape index (κ1) is 4.11. The standard InChI is InChI=1S/N3.Sn/c1-3-2;/q-1;+1. The third-order valence-electron chi connectivity index (χ3n) is 0.0447. The van der Waals surface area contributed by atoms with Crippen molar-refractivity contribution in [3.05, 3.63) is 10.4 Å². The van der Waals surface area contributed by atoms with E-state index in [-0.39, 0.29) is 0 Å². The van der Waals surface area contributed by atoms with Gasteiger partial charge in [0.2, 0.25) is 0 Å². The minimum atomic E-state index is 0.876. The van der Waals surface area contributed by atoms with E-state index in [9.17, 15) is 0 Å². The van der Waals surface area contributed by atoms with Crippen molar-refractivity contribution in [1.29, 1.82) is 0 Å². The molecular weight excluding hydrogens is 161 g/mol. The van der Waals surface area contributed by atoms with Crippen LogP contribution in [0.5, 0.6) is 0 Å². The molecule has 3 nitrogen and oxygen atoms in total. The summed E-state index contributed by atoms with van der Waals surface area (Å²) in [7, 11) is 0. The van der Waals surface area contributed by atoms with E-state index in [0.717, 1.165) is 22.8 Å². The second-order valence-electron chi connectivity index (χ2n) is 0.189. The molecule has 0 fully saturated rings. The number of rotatable bonds is 0. The molecule has 4 heavy (non-hydrogen) atoms. The molecule has 0 saturated heterocycles. The van der Waals surface area contributed by atoms with Gasteiger partial charge in [0, 0.05) is 0 Å². The van der Waals surface area contributed by atoms with Gasteiger partial charge in [-0.3, -0.25) is 0 Å². The molecule has 0 unspecified atom stereocenters.